The summed E-state index contributed by atoms with van der Waals surface area (Å²) in [6.07, 6.45) is 0.595. The van der Waals surface area contributed by atoms with Crippen molar-refractivity contribution in [2.45, 2.75) is 6.92 Å². The maximum Gasteiger partial charge on any atom is 0.293 e. The zero-order valence-corrected chi connectivity index (χ0v) is 9.19. The number of carbonyl (C=O) groups is 2. The van der Waals surface area contributed by atoms with Gasteiger partial charge in [0.25, 0.3) is 5.91 Å². The lowest BCUT2D eigenvalue weighted by atomic mass is 10.1. The van der Waals surface area contributed by atoms with E-state index in [1.807, 2.05) is 0 Å². The summed E-state index contributed by atoms with van der Waals surface area (Å²) >= 11 is 0. The fourth-order valence-electron chi connectivity index (χ4n) is 1.19. The van der Waals surface area contributed by atoms with Gasteiger partial charge in [-0.2, -0.15) is 0 Å². The molecule has 0 saturated carbocycles. The van der Waals surface area contributed by atoms with Crippen LogP contribution < -0.4 is 10.5 Å². The van der Waals surface area contributed by atoms with Gasteiger partial charge in [0.15, 0.2) is 11.5 Å². The molecule has 1 rings (SSSR count). The van der Waals surface area contributed by atoms with E-state index in [4.69, 9.17) is 10.5 Å². The number of aromatic hydroxyl groups is 1. The molecule has 3 N–H and O–H groups in total. The lowest BCUT2D eigenvalue weighted by Gasteiger charge is -2.07. The zero-order chi connectivity index (χ0) is 12.8. The topological polar surface area (TPSA) is 89.6 Å². The van der Waals surface area contributed by atoms with Crippen LogP contribution in [0.1, 0.15) is 22.8 Å². The van der Waals surface area contributed by atoms with Crippen LogP contribution in [0.2, 0.25) is 0 Å². The molecule has 5 nitrogen and oxygen atoms in total. The molecule has 0 aliphatic rings. The molecule has 0 aromatic heterocycles. The number of rotatable bonds is 3. The highest BCUT2D eigenvalue weighted by Crippen LogP contribution is 2.30. The van der Waals surface area contributed by atoms with Gasteiger partial charge >= 0.3 is 0 Å². The largest absolute Gasteiger partial charge is 0.503 e. The van der Waals surface area contributed by atoms with Crippen LogP contribution in [0.5, 0.6) is 11.5 Å². The van der Waals surface area contributed by atoms with Gasteiger partial charge in [-0.1, -0.05) is 5.92 Å². The number of phenols is 1. The molecule has 0 aliphatic carbocycles. The Balaban J connectivity index is 3.29. The summed E-state index contributed by atoms with van der Waals surface area (Å²) in [5.74, 6) is 3.56. The molecule has 0 saturated heterocycles. The first-order valence-corrected chi connectivity index (χ1v) is 4.85. The summed E-state index contributed by atoms with van der Waals surface area (Å²) in [5, 5.41) is 9.76. The third-order valence-corrected chi connectivity index (χ3v) is 1.85. The summed E-state index contributed by atoms with van der Waals surface area (Å²) in [7, 11) is 0. The van der Waals surface area contributed by atoms with Gasteiger partial charge in [0, 0.05) is 11.5 Å². The molecule has 5 heteroatoms. The van der Waals surface area contributed by atoms with Crippen LogP contribution in [0, 0.1) is 11.8 Å². The van der Waals surface area contributed by atoms with Crippen LogP contribution in [-0.2, 0) is 4.79 Å². The maximum atomic E-state index is 10.7. The summed E-state index contributed by atoms with van der Waals surface area (Å²) < 4.78 is 5.13. The number of amides is 1. The average molecular weight is 233 g/mol. The highest BCUT2D eigenvalue weighted by atomic mass is 16.5. The summed E-state index contributed by atoms with van der Waals surface area (Å²) in [6, 6.07) is 2.74. The second-order valence-corrected chi connectivity index (χ2v) is 3.08. The van der Waals surface area contributed by atoms with Crippen LogP contribution in [0.15, 0.2) is 12.1 Å². The van der Waals surface area contributed by atoms with Gasteiger partial charge in [0.2, 0.25) is 0 Å². The molecular formula is C12H11NO4. The minimum atomic E-state index is -0.820. The number of hydrogen-bond acceptors (Lipinski definition) is 4. The Morgan fingerprint density at radius 3 is 2.82 bits per heavy atom. The lowest BCUT2D eigenvalue weighted by Crippen LogP contribution is -2.06. The van der Waals surface area contributed by atoms with Crippen LogP contribution in [0.25, 0.3) is 0 Å². The molecule has 0 radical (unpaired) electrons. The molecule has 0 heterocycles. The first-order chi connectivity index (χ1) is 8.08. The smallest absolute Gasteiger partial charge is 0.293 e. The van der Waals surface area contributed by atoms with Crippen molar-refractivity contribution in [2.24, 2.45) is 5.73 Å². The monoisotopic (exact) mass is 233 g/mol. The van der Waals surface area contributed by atoms with Crippen LogP contribution in [0.3, 0.4) is 0 Å². The van der Waals surface area contributed by atoms with E-state index in [0.717, 1.165) is 0 Å². The van der Waals surface area contributed by atoms with Crippen molar-refractivity contribution in [3.63, 3.8) is 0 Å². The summed E-state index contributed by atoms with van der Waals surface area (Å²) in [6.45, 7) is 2.07. The number of ether oxygens (including phenoxy) is 1. The number of phenolic OH excluding ortho intramolecular Hbond substituents is 1. The molecule has 0 unspecified atom stereocenters. The number of nitrogens with two attached hydrogens (primary N) is 1. The Kier molecular flexibility index (Phi) is 4.12. The molecule has 1 aromatic rings. The Labute approximate surface area is 98.2 Å². The van der Waals surface area contributed by atoms with E-state index < -0.39 is 5.91 Å². The van der Waals surface area contributed by atoms with Gasteiger partial charge in [-0.05, 0) is 19.1 Å². The highest BCUT2D eigenvalue weighted by molar-refractivity contribution is 5.93. The normalized spacial score (nSPS) is 9.00. The molecular weight excluding hydrogens is 222 g/mol. The highest BCUT2D eigenvalue weighted by Gasteiger charge is 2.09. The van der Waals surface area contributed by atoms with E-state index in [1.54, 1.807) is 6.92 Å². The van der Waals surface area contributed by atoms with Crippen molar-refractivity contribution < 1.29 is 19.4 Å². The van der Waals surface area contributed by atoms with E-state index in [1.165, 1.54) is 12.1 Å². The third-order valence-electron chi connectivity index (χ3n) is 1.85. The fourth-order valence-corrected chi connectivity index (χ4v) is 1.19. The van der Waals surface area contributed by atoms with Crippen LogP contribution in [-0.4, -0.2) is 23.9 Å². The van der Waals surface area contributed by atoms with Gasteiger partial charge in [-0.3, -0.25) is 9.59 Å². The molecule has 0 spiro atoms. The molecule has 0 bridgehead atoms. The standard InChI is InChI=1S/C12H11NO4/c1-2-17-10-6-8(7-14)5-9(12(10)16)3-4-11(13)15/h5-7,16H,2H2,1H3,(H2,13,15). The van der Waals surface area contributed by atoms with Crippen molar-refractivity contribution in [3.05, 3.63) is 23.3 Å². The SMILES string of the molecule is CCOc1cc(C=O)cc(C#CC(N)=O)c1O. The van der Waals surface area contributed by atoms with Gasteiger partial charge in [0.1, 0.15) is 6.29 Å². The fraction of sp³-hybridized carbons (Fsp3) is 0.167. The zero-order valence-electron chi connectivity index (χ0n) is 9.19. The van der Waals surface area contributed by atoms with Crippen LogP contribution in [0.4, 0.5) is 0 Å². The number of benzene rings is 1. The van der Waals surface area contributed by atoms with Crippen molar-refractivity contribution in [3.8, 4) is 23.3 Å². The molecule has 0 aliphatic heterocycles. The van der Waals surface area contributed by atoms with Crippen molar-refractivity contribution in [1.82, 2.24) is 0 Å². The van der Waals surface area contributed by atoms with E-state index >= 15 is 0 Å². The van der Waals surface area contributed by atoms with Crippen molar-refractivity contribution in [1.29, 1.82) is 0 Å². The Bertz CT molecular complexity index is 511. The number of hydrogen-bond donors (Lipinski definition) is 2. The second-order valence-electron chi connectivity index (χ2n) is 3.08. The Morgan fingerprint density at radius 1 is 1.59 bits per heavy atom. The minimum Gasteiger partial charge on any atom is -0.503 e. The van der Waals surface area contributed by atoms with Gasteiger partial charge in [-0.25, -0.2) is 0 Å². The Morgan fingerprint density at radius 2 is 2.29 bits per heavy atom. The molecule has 17 heavy (non-hydrogen) atoms. The summed E-state index contributed by atoms with van der Waals surface area (Å²) in [4.78, 5) is 21.2. The van der Waals surface area contributed by atoms with E-state index in [0.29, 0.717) is 18.5 Å². The maximum absolute atomic E-state index is 10.7. The quantitative estimate of drug-likeness (QED) is 0.585. The van der Waals surface area contributed by atoms with E-state index in [-0.39, 0.29) is 17.1 Å². The molecule has 1 aromatic carbocycles. The van der Waals surface area contributed by atoms with E-state index in [9.17, 15) is 14.7 Å². The molecule has 88 valence electrons. The van der Waals surface area contributed by atoms with Gasteiger partial charge in [-0.15, -0.1) is 0 Å². The first-order valence-electron chi connectivity index (χ1n) is 4.85. The minimum absolute atomic E-state index is 0.122. The second kappa shape index (κ2) is 5.56. The van der Waals surface area contributed by atoms with E-state index in [2.05, 4.69) is 11.8 Å². The first kappa shape index (κ1) is 12.6. The molecule has 0 atom stereocenters. The van der Waals surface area contributed by atoms with Gasteiger partial charge in [0.05, 0.1) is 12.2 Å². The molecule has 1 amide bonds. The summed E-state index contributed by atoms with van der Waals surface area (Å²) in [5.41, 5.74) is 5.28. The van der Waals surface area contributed by atoms with Crippen molar-refractivity contribution in [2.75, 3.05) is 6.61 Å². The average Bonchev–Trinajstić information content (AvgIpc) is 2.30. The molecule has 0 fully saturated rings. The van der Waals surface area contributed by atoms with Gasteiger partial charge < -0.3 is 15.6 Å². The third kappa shape index (κ3) is 3.24. The number of carbonyl (C=O) groups excluding carboxylic acids is 2. The Hall–Kier alpha value is -2.48. The van der Waals surface area contributed by atoms with Crippen molar-refractivity contribution >= 4 is 12.2 Å². The predicted molar refractivity (Wildman–Crippen MR) is 60.7 cm³/mol. The lowest BCUT2D eigenvalue weighted by molar-refractivity contribution is -0.112. The predicted octanol–water partition coefficient (Wildman–Crippen LogP) is 0.440. The number of primary amides is 1. The van der Waals surface area contributed by atoms with Crippen LogP contribution >= 0.6 is 0 Å². The number of aldehydes is 1.